The Hall–Kier alpha value is -0.473. The lowest BCUT2D eigenvalue weighted by atomic mass is 10.0. The minimum atomic E-state index is -2.61. The van der Waals surface area contributed by atoms with Crippen LogP contribution in [0, 0.1) is 0 Å². The van der Waals surface area contributed by atoms with Crippen LogP contribution in [0.2, 0.25) is 6.04 Å². The van der Waals surface area contributed by atoms with E-state index in [2.05, 4.69) is 12.2 Å². The highest BCUT2D eigenvalue weighted by Gasteiger charge is 2.39. The fourth-order valence-electron chi connectivity index (χ4n) is 3.25. The molecule has 168 valence electrons. The first-order chi connectivity index (χ1) is 13.5. The van der Waals surface area contributed by atoms with E-state index in [9.17, 15) is 9.90 Å². The van der Waals surface area contributed by atoms with Gasteiger partial charge in [0.2, 0.25) is 5.91 Å². The molecule has 2 N–H and O–H groups in total. The van der Waals surface area contributed by atoms with Crippen LogP contribution in [0.25, 0.3) is 0 Å². The molecular formula is C21H45NO5Si. The topological polar surface area (TPSA) is 77.0 Å². The molecule has 0 bridgehead atoms. The maximum atomic E-state index is 12.0. The first-order valence-corrected chi connectivity index (χ1v) is 13.3. The molecule has 6 nitrogen and oxygen atoms in total. The highest BCUT2D eigenvalue weighted by atomic mass is 28.4. The Morgan fingerprint density at radius 1 is 0.857 bits per heavy atom. The van der Waals surface area contributed by atoms with Crippen molar-refractivity contribution in [2.45, 2.75) is 104 Å². The Morgan fingerprint density at radius 3 is 2.00 bits per heavy atom. The number of unbranched alkanes of at least 4 members (excludes halogenated alkanes) is 4. The van der Waals surface area contributed by atoms with Gasteiger partial charge in [0.05, 0.1) is 6.10 Å². The van der Waals surface area contributed by atoms with Crippen LogP contribution < -0.4 is 5.32 Å². The molecule has 0 aliphatic heterocycles. The molecule has 0 aliphatic rings. The maximum Gasteiger partial charge on any atom is 0.500 e. The van der Waals surface area contributed by atoms with Gasteiger partial charge in [0.1, 0.15) is 0 Å². The zero-order chi connectivity index (χ0) is 21.1. The fourth-order valence-corrected chi connectivity index (χ4v) is 5.86. The lowest BCUT2D eigenvalue weighted by Gasteiger charge is -2.28. The standard InChI is InChI=1S/C21H45NO5Si/c1-5-9-10-11-12-15-20(23)16-13-17-21(24)22-18-14-19-28(25-6-2,26-7-3)27-8-4/h20,23H,5-19H2,1-4H3,(H,22,24). The second-order valence-electron chi connectivity index (χ2n) is 7.18. The summed E-state index contributed by atoms with van der Waals surface area (Å²) in [6.45, 7) is 10.3. The summed E-state index contributed by atoms with van der Waals surface area (Å²) in [6.07, 6.45) is 9.31. The lowest BCUT2D eigenvalue weighted by Crippen LogP contribution is -2.46. The molecule has 0 saturated carbocycles. The van der Waals surface area contributed by atoms with Gasteiger partial charge in [0.25, 0.3) is 0 Å². The fraction of sp³-hybridized carbons (Fsp3) is 0.952. The highest BCUT2D eigenvalue weighted by molar-refractivity contribution is 6.60. The van der Waals surface area contributed by atoms with Crippen molar-refractivity contribution in [1.29, 1.82) is 0 Å². The van der Waals surface area contributed by atoms with Crippen molar-refractivity contribution < 1.29 is 23.2 Å². The highest BCUT2D eigenvalue weighted by Crippen LogP contribution is 2.18. The van der Waals surface area contributed by atoms with Crippen molar-refractivity contribution >= 4 is 14.7 Å². The van der Waals surface area contributed by atoms with Crippen molar-refractivity contribution in [1.82, 2.24) is 5.32 Å². The van der Waals surface area contributed by atoms with Crippen LogP contribution in [-0.4, -0.2) is 52.3 Å². The van der Waals surface area contributed by atoms with E-state index >= 15 is 0 Å². The largest absolute Gasteiger partial charge is 0.500 e. The number of carbonyl (C=O) groups is 1. The predicted molar refractivity (Wildman–Crippen MR) is 116 cm³/mol. The summed E-state index contributed by atoms with van der Waals surface area (Å²) in [4.78, 5) is 12.0. The van der Waals surface area contributed by atoms with Crippen molar-refractivity contribution in [2.24, 2.45) is 0 Å². The van der Waals surface area contributed by atoms with Crippen molar-refractivity contribution in [3.63, 3.8) is 0 Å². The lowest BCUT2D eigenvalue weighted by molar-refractivity contribution is -0.121. The van der Waals surface area contributed by atoms with E-state index in [-0.39, 0.29) is 12.0 Å². The van der Waals surface area contributed by atoms with E-state index in [1.54, 1.807) is 0 Å². The summed E-state index contributed by atoms with van der Waals surface area (Å²) in [7, 11) is -2.61. The number of hydrogen-bond acceptors (Lipinski definition) is 5. The molecule has 0 saturated heterocycles. The number of amides is 1. The van der Waals surface area contributed by atoms with Gasteiger partial charge in [-0.3, -0.25) is 4.79 Å². The Bertz CT molecular complexity index is 354. The second kappa shape index (κ2) is 18.5. The van der Waals surface area contributed by atoms with E-state index in [0.717, 1.165) is 25.7 Å². The molecule has 7 heteroatoms. The summed E-state index contributed by atoms with van der Waals surface area (Å²) >= 11 is 0. The van der Waals surface area contributed by atoms with Gasteiger partial charge in [0.15, 0.2) is 0 Å². The van der Waals surface area contributed by atoms with Gasteiger partial charge in [-0.1, -0.05) is 39.0 Å². The predicted octanol–water partition coefficient (Wildman–Crippen LogP) is 4.43. The Balaban J connectivity index is 3.87. The molecule has 0 aliphatic carbocycles. The molecule has 1 amide bonds. The SMILES string of the molecule is CCCCCCCC(O)CCCC(=O)NCCC[Si](OCC)(OCC)OCC. The minimum Gasteiger partial charge on any atom is -0.393 e. The first-order valence-electron chi connectivity index (χ1n) is 11.4. The van der Waals surface area contributed by atoms with E-state index in [1.807, 2.05) is 20.8 Å². The van der Waals surface area contributed by atoms with Crippen molar-refractivity contribution in [3.05, 3.63) is 0 Å². The van der Waals surface area contributed by atoms with Crippen LogP contribution in [0.1, 0.15) is 91.9 Å². The Labute approximate surface area is 174 Å². The number of hydrogen-bond donors (Lipinski definition) is 2. The molecule has 1 atom stereocenters. The van der Waals surface area contributed by atoms with Gasteiger partial charge in [-0.25, -0.2) is 0 Å². The normalized spacial score (nSPS) is 12.9. The van der Waals surface area contributed by atoms with Crippen LogP contribution in [0.4, 0.5) is 0 Å². The van der Waals surface area contributed by atoms with Gasteiger partial charge >= 0.3 is 8.80 Å². The number of carbonyl (C=O) groups excluding carboxylic acids is 1. The number of rotatable bonds is 20. The van der Waals surface area contributed by atoms with Crippen LogP contribution in [0.3, 0.4) is 0 Å². The van der Waals surface area contributed by atoms with E-state index in [1.165, 1.54) is 25.7 Å². The van der Waals surface area contributed by atoms with E-state index < -0.39 is 8.80 Å². The summed E-state index contributed by atoms with van der Waals surface area (Å²) < 4.78 is 17.4. The summed E-state index contributed by atoms with van der Waals surface area (Å²) in [5.41, 5.74) is 0. The first kappa shape index (κ1) is 27.5. The zero-order valence-electron chi connectivity index (χ0n) is 18.8. The Kier molecular flexibility index (Phi) is 18.2. The quantitative estimate of drug-likeness (QED) is 0.225. The molecule has 1 unspecified atom stereocenters. The zero-order valence-corrected chi connectivity index (χ0v) is 19.8. The Morgan fingerprint density at radius 2 is 1.43 bits per heavy atom. The van der Waals surface area contributed by atoms with E-state index in [0.29, 0.717) is 45.3 Å². The molecule has 28 heavy (non-hydrogen) atoms. The summed E-state index contributed by atoms with van der Waals surface area (Å²) in [5.74, 6) is 0.0478. The average Bonchev–Trinajstić information content (AvgIpc) is 2.66. The maximum absolute atomic E-state index is 12.0. The third-order valence-corrected chi connectivity index (χ3v) is 7.81. The minimum absolute atomic E-state index is 0.0478. The van der Waals surface area contributed by atoms with Gasteiger partial charge in [-0.15, -0.1) is 0 Å². The van der Waals surface area contributed by atoms with Crippen LogP contribution in [-0.2, 0) is 18.1 Å². The smallest absolute Gasteiger partial charge is 0.393 e. The third kappa shape index (κ3) is 14.5. The van der Waals surface area contributed by atoms with Crippen molar-refractivity contribution in [3.8, 4) is 0 Å². The van der Waals surface area contributed by atoms with Gasteiger partial charge in [-0.2, -0.15) is 0 Å². The summed E-state index contributed by atoms with van der Waals surface area (Å²) in [5, 5.41) is 13.0. The molecule has 0 spiro atoms. The number of aliphatic hydroxyl groups excluding tert-OH is 1. The number of nitrogens with one attached hydrogen (secondary N) is 1. The van der Waals surface area contributed by atoms with Crippen molar-refractivity contribution in [2.75, 3.05) is 26.4 Å². The molecule has 0 heterocycles. The molecular weight excluding hydrogens is 374 g/mol. The van der Waals surface area contributed by atoms with Crippen LogP contribution in [0.5, 0.6) is 0 Å². The summed E-state index contributed by atoms with van der Waals surface area (Å²) in [6, 6.07) is 0.708. The molecule has 0 aromatic heterocycles. The molecule has 0 rings (SSSR count). The monoisotopic (exact) mass is 419 g/mol. The van der Waals surface area contributed by atoms with E-state index in [4.69, 9.17) is 13.3 Å². The second-order valence-corrected chi connectivity index (χ2v) is 9.92. The third-order valence-electron chi connectivity index (χ3n) is 4.66. The molecule has 0 fully saturated rings. The van der Waals surface area contributed by atoms with Gasteiger partial charge < -0.3 is 23.7 Å². The number of aliphatic hydroxyl groups is 1. The van der Waals surface area contributed by atoms with Gasteiger partial charge in [-0.05, 0) is 46.5 Å². The molecule has 0 aromatic carbocycles. The van der Waals surface area contributed by atoms with Gasteiger partial charge in [0, 0.05) is 38.8 Å². The molecule has 0 radical (unpaired) electrons. The molecule has 0 aromatic rings. The van der Waals surface area contributed by atoms with Crippen LogP contribution in [0.15, 0.2) is 0 Å². The average molecular weight is 420 g/mol. The van der Waals surface area contributed by atoms with Crippen LogP contribution >= 0.6 is 0 Å².